The van der Waals surface area contributed by atoms with Gasteiger partial charge >= 0.3 is 11.9 Å². The van der Waals surface area contributed by atoms with Crippen LogP contribution in [0.25, 0.3) is 0 Å². The molecule has 0 aromatic heterocycles. The van der Waals surface area contributed by atoms with E-state index in [0.29, 0.717) is 13.0 Å². The van der Waals surface area contributed by atoms with Gasteiger partial charge in [0.05, 0.1) is 32.0 Å². The van der Waals surface area contributed by atoms with Gasteiger partial charge in [-0.15, -0.1) is 0 Å². The molecule has 0 aromatic carbocycles. The largest absolute Gasteiger partial charge is 0.462 e. The van der Waals surface area contributed by atoms with E-state index in [1.807, 2.05) is 13.8 Å². The summed E-state index contributed by atoms with van der Waals surface area (Å²) in [6.45, 7) is 4.40. The highest BCUT2D eigenvalue weighted by atomic mass is 16.7. The number of hydrogen-bond donors (Lipinski definition) is 1. The van der Waals surface area contributed by atoms with Crippen LogP contribution in [0.2, 0.25) is 0 Å². The molecule has 0 bridgehead atoms. The lowest BCUT2D eigenvalue weighted by Gasteiger charge is -2.54. The van der Waals surface area contributed by atoms with Crippen molar-refractivity contribution in [1.29, 1.82) is 0 Å². The Morgan fingerprint density at radius 1 is 1.14 bits per heavy atom. The number of fused-ring (bicyclic) bond motifs is 1. The molecule has 0 aliphatic carbocycles. The standard InChI is InChI=1S/C18H31NO9/c1-18(2)11(7-10(23-4)8-22-3)28-13-12(14(18)24-5)26-9-27-16(13)19-15(20)17(21)25-6/h10-14,16H,7-9H2,1-6H3,(H,19,20)/t10-,11+,12-,13-,14+,16+/m0/s1. The highest BCUT2D eigenvalue weighted by Gasteiger charge is 2.56. The smallest absolute Gasteiger partial charge is 0.396 e. The van der Waals surface area contributed by atoms with Gasteiger partial charge in [0.25, 0.3) is 0 Å². The Balaban J connectivity index is 2.23. The molecule has 2 saturated heterocycles. The fraction of sp³-hybridized carbons (Fsp3) is 0.889. The molecule has 6 atom stereocenters. The molecule has 2 heterocycles. The van der Waals surface area contributed by atoms with Crippen molar-refractivity contribution in [2.75, 3.05) is 41.8 Å². The monoisotopic (exact) mass is 405 g/mol. The lowest BCUT2D eigenvalue weighted by atomic mass is 9.72. The number of esters is 1. The first-order valence-electron chi connectivity index (χ1n) is 9.12. The van der Waals surface area contributed by atoms with Crippen molar-refractivity contribution >= 4 is 11.9 Å². The van der Waals surface area contributed by atoms with Gasteiger partial charge in [-0.1, -0.05) is 13.8 Å². The molecule has 162 valence electrons. The van der Waals surface area contributed by atoms with Gasteiger partial charge in [-0.2, -0.15) is 0 Å². The molecule has 2 fully saturated rings. The average Bonchev–Trinajstić information content (AvgIpc) is 2.67. The Morgan fingerprint density at radius 2 is 1.86 bits per heavy atom. The summed E-state index contributed by atoms with van der Waals surface area (Å²) in [5.41, 5.74) is -0.422. The molecule has 0 aromatic rings. The number of amides is 1. The van der Waals surface area contributed by atoms with Crippen LogP contribution in [-0.4, -0.2) is 90.5 Å². The predicted molar refractivity (Wildman–Crippen MR) is 95.3 cm³/mol. The maximum atomic E-state index is 12.0. The van der Waals surface area contributed by atoms with E-state index >= 15 is 0 Å². The molecule has 10 nitrogen and oxygen atoms in total. The summed E-state index contributed by atoms with van der Waals surface area (Å²) in [5, 5.41) is 2.50. The molecule has 2 aliphatic heterocycles. The molecular weight excluding hydrogens is 374 g/mol. The van der Waals surface area contributed by atoms with E-state index in [-0.39, 0.29) is 25.1 Å². The van der Waals surface area contributed by atoms with Crippen LogP contribution in [0.4, 0.5) is 0 Å². The molecule has 2 aliphatic rings. The fourth-order valence-electron chi connectivity index (χ4n) is 3.79. The first-order valence-corrected chi connectivity index (χ1v) is 9.12. The summed E-state index contributed by atoms with van der Waals surface area (Å²) in [6, 6.07) is 0. The zero-order chi connectivity index (χ0) is 20.9. The van der Waals surface area contributed by atoms with Crippen molar-refractivity contribution < 1.29 is 42.7 Å². The Kier molecular flexibility index (Phi) is 8.17. The molecule has 28 heavy (non-hydrogen) atoms. The predicted octanol–water partition coefficient (Wildman–Crippen LogP) is -0.165. The summed E-state index contributed by atoms with van der Waals surface area (Å²) in [5.74, 6) is -1.93. The number of carbonyl (C=O) groups is 2. The molecule has 10 heteroatoms. The van der Waals surface area contributed by atoms with Gasteiger partial charge in [-0.3, -0.25) is 4.79 Å². The van der Waals surface area contributed by atoms with E-state index in [1.165, 1.54) is 0 Å². The summed E-state index contributed by atoms with van der Waals surface area (Å²) in [4.78, 5) is 23.4. The lowest BCUT2D eigenvalue weighted by molar-refractivity contribution is -0.331. The van der Waals surface area contributed by atoms with Crippen molar-refractivity contribution in [3.05, 3.63) is 0 Å². The van der Waals surface area contributed by atoms with Gasteiger partial charge in [-0.05, 0) is 0 Å². The van der Waals surface area contributed by atoms with Crippen LogP contribution in [0.15, 0.2) is 0 Å². The Bertz CT molecular complexity index is 541. The van der Waals surface area contributed by atoms with Crippen LogP contribution in [0.1, 0.15) is 20.3 Å². The second kappa shape index (κ2) is 9.95. The van der Waals surface area contributed by atoms with Gasteiger partial charge in [0.15, 0.2) is 6.23 Å². The van der Waals surface area contributed by atoms with E-state index in [4.69, 9.17) is 28.4 Å². The van der Waals surface area contributed by atoms with Crippen LogP contribution < -0.4 is 5.32 Å². The third-order valence-corrected chi connectivity index (χ3v) is 5.37. The van der Waals surface area contributed by atoms with Crippen molar-refractivity contribution in [2.45, 2.75) is 57.0 Å². The third kappa shape index (κ3) is 4.81. The fourth-order valence-corrected chi connectivity index (χ4v) is 3.79. The van der Waals surface area contributed by atoms with Gasteiger partial charge < -0.3 is 38.5 Å². The molecule has 0 radical (unpaired) electrons. The van der Waals surface area contributed by atoms with Crippen LogP contribution in [0.5, 0.6) is 0 Å². The van der Waals surface area contributed by atoms with Crippen molar-refractivity contribution in [1.82, 2.24) is 5.32 Å². The van der Waals surface area contributed by atoms with Crippen LogP contribution in [-0.2, 0) is 42.7 Å². The van der Waals surface area contributed by atoms with Gasteiger partial charge in [0.1, 0.15) is 19.0 Å². The quantitative estimate of drug-likeness (QED) is 0.456. The summed E-state index contributed by atoms with van der Waals surface area (Å²) in [6.07, 6.45) is -2.33. The van der Waals surface area contributed by atoms with Crippen molar-refractivity contribution in [2.24, 2.45) is 5.41 Å². The molecule has 1 amide bonds. The normalized spacial score (nSPS) is 32.9. The number of rotatable bonds is 7. The lowest BCUT2D eigenvalue weighted by Crippen LogP contribution is -2.68. The highest BCUT2D eigenvalue weighted by Crippen LogP contribution is 2.43. The summed E-state index contributed by atoms with van der Waals surface area (Å²) >= 11 is 0. The second-order valence-corrected chi connectivity index (χ2v) is 7.42. The number of ether oxygens (including phenoxy) is 7. The minimum Gasteiger partial charge on any atom is -0.462 e. The van der Waals surface area contributed by atoms with Crippen LogP contribution in [0, 0.1) is 5.41 Å². The van der Waals surface area contributed by atoms with Gasteiger partial charge in [-0.25, -0.2) is 4.79 Å². The SMILES string of the molecule is COC[C@H](C[C@H]1O[C@H]2[C@H](OCO[C@H]2NC(=O)C(=O)OC)[C@@H](OC)C1(C)C)OC. The van der Waals surface area contributed by atoms with Crippen LogP contribution >= 0.6 is 0 Å². The van der Waals surface area contributed by atoms with Gasteiger partial charge in [0, 0.05) is 33.2 Å². The van der Waals surface area contributed by atoms with E-state index in [0.717, 1.165) is 7.11 Å². The second-order valence-electron chi connectivity index (χ2n) is 7.42. The number of methoxy groups -OCH3 is 4. The molecule has 2 rings (SSSR count). The average molecular weight is 405 g/mol. The number of nitrogens with one attached hydrogen (secondary N) is 1. The van der Waals surface area contributed by atoms with Crippen molar-refractivity contribution in [3.8, 4) is 0 Å². The summed E-state index contributed by atoms with van der Waals surface area (Å²) in [7, 11) is 5.96. The van der Waals surface area contributed by atoms with Crippen LogP contribution in [0.3, 0.4) is 0 Å². The van der Waals surface area contributed by atoms with E-state index in [1.54, 1.807) is 21.3 Å². The molecule has 0 spiro atoms. The first-order chi connectivity index (χ1) is 13.3. The van der Waals surface area contributed by atoms with E-state index < -0.39 is 35.7 Å². The zero-order valence-electron chi connectivity index (χ0n) is 17.3. The number of hydrogen-bond acceptors (Lipinski definition) is 9. The minimum atomic E-state index is -1.01. The number of carbonyl (C=O) groups excluding carboxylic acids is 2. The Hall–Kier alpha value is -1.30. The molecular formula is C18H31NO9. The first kappa shape index (κ1) is 23.0. The minimum absolute atomic E-state index is 0.0678. The van der Waals surface area contributed by atoms with Gasteiger partial charge in [0.2, 0.25) is 0 Å². The summed E-state index contributed by atoms with van der Waals surface area (Å²) < 4.78 is 38.5. The topological polar surface area (TPSA) is 111 Å². The molecule has 0 saturated carbocycles. The van der Waals surface area contributed by atoms with Crippen molar-refractivity contribution in [3.63, 3.8) is 0 Å². The Morgan fingerprint density at radius 3 is 2.43 bits per heavy atom. The maximum Gasteiger partial charge on any atom is 0.396 e. The maximum absolute atomic E-state index is 12.0. The van der Waals surface area contributed by atoms with E-state index in [2.05, 4.69) is 10.1 Å². The van der Waals surface area contributed by atoms with E-state index in [9.17, 15) is 9.59 Å². The highest BCUT2D eigenvalue weighted by molar-refractivity contribution is 6.32. The molecule has 1 N–H and O–H groups in total. The Labute approximate surface area is 165 Å². The zero-order valence-corrected chi connectivity index (χ0v) is 17.3. The molecule has 0 unspecified atom stereocenters. The third-order valence-electron chi connectivity index (χ3n) is 5.37.